The molecule has 30 heavy (non-hydrogen) atoms. The number of benzene rings is 2. The summed E-state index contributed by atoms with van der Waals surface area (Å²) in [7, 11) is 3.44. The fourth-order valence-electron chi connectivity index (χ4n) is 3.24. The summed E-state index contributed by atoms with van der Waals surface area (Å²) in [6.45, 7) is 6.60. The Kier molecular flexibility index (Phi) is 8.80. The van der Waals surface area contributed by atoms with Crippen LogP contribution < -0.4 is 20.1 Å². The molecule has 0 spiro atoms. The van der Waals surface area contributed by atoms with E-state index in [1.807, 2.05) is 48.5 Å². The normalized spacial score (nSPS) is 14.9. The summed E-state index contributed by atoms with van der Waals surface area (Å²) in [5.41, 5.74) is 2.22. The fourth-order valence-corrected chi connectivity index (χ4v) is 3.24. The number of rotatable bonds is 9. The van der Waals surface area contributed by atoms with Gasteiger partial charge in [-0.25, -0.2) is 0 Å². The average molecular weight is 413 g/mol. The third-order valence-corrected chi connectivity index (χ3v) is 4.97. The van der Waals surface area contributed by atoms with Gasteiger partial charge in [-0.1, -0.05) is 36.4 Å². The van der Waals surface area contributed by atoms with E-state index in [0.29, 0.717) is 13.2 Å². The first-order chi connectivity index (χ1) is 14.8. The van der Waals surface area contributed by atoms with Crippen molar-refractivity contribution in [1.82, 2.24) is 15.5 Å². The number of methoxy groups -OCH3 is 1. The van der Waals surface area contributed by atoms with E-state index < -0.39 is 0 Å². The van der Waals surface area contributed by atoms with Crippen LogP contribution in [-0.4, -0.2) is 64.4 Å². The molecule has 1 aliphatic rings. The highest BCUT2D eigenvalue weighted by Gasteiger charge is 2.10. The van der Waals surface area contributed by atoms with Gasteiger partial charge in [0, 0.05) is 39.8 Å². The number of ether oxygens (including phenoxy) is 3. The maximum Gasteiger partial charge on any atom is 0.191 e. The molecule has 1 heterocycles. The van der Waals surface area contributed by atoms with Crippen LogP contribution in [0.15, 0.2) is 53.5 Å². The summed E-state index contributed by atoms with van der Waals surface area (Å²) in [6.07, 6.45) is 0. The molecule has 0 saturated carbocycles. The van der Waals surface area contributed by atoms with Gasteiger partial charge in [0.1, 0.15) is 6.61 Å². The lowest BCUT2D eigenvalue weighted by Gasteiger charge is -2.26. The van der Waals surface area contributed by atoms with E-state index in [2.05, 4.69) is 20.5 Å². The van der Waals surface area contributed by atoms with E-state index in [1.54, 1.807) is 14.2 Å². The Hall–Kier alpha value is -2.77. The molecule has 7 heteroatoms. The smallest absolute Gasteiger partial charge is 0.191 e. The largest absolute Gasteiger partial charge is 0.493 e. The Morgan fingerprint density at radius 1 is 1.03 bits per heavy atom. The second-order valence-electron chi connectivity index (χ2n) is 7.07. The average Bonchev–Trinajstić information content (AvgIpc) is 2.81. The number of morpholine rings is 1. The van der Waals surface area contributed by atoms with Crippen molar-refractivity contribution in [2.24, 2.45) is 4.99 Å². The highest BCUT2D eigenvalue weighted by atomic mass is 16.5. The highest BCUT2D eigenvalue weighted by Crippen LogP contribution is 2.28. The summed E-state index contributed by atoms with van der Waals surface area (Å²) < 4.78 is 16.8. The molecule has 0 aromatic heterocycles. The van der Waals surface area contributed by atoms with E-state index in [4.69, 9.17) is 14.2 Å². The van der Waals surface area contributed by atoms with Gasteiger partial charge in [-0.2, -0.15) is 0 Å². The summed E-state index contributed by atoms with van der Waals surface area (Å²) in [6, 6.07) is 16.1. The zero-order valence-corrected chi connectivity index (χ0v) is 17.9. The van der Waals surface area contributed by atoms with Crippen LogP contribution in [0.1, 0.15) is 11.1 Å². The van der Waals surface area contributed by atoms with E-state index >= 15 is 0 Å². The molecular formula is C23H32N4O3. The lowest BCUT2D eigenvalue weighted by Crippen LogP contribution is -2.44. The van der Waals surface area contributed by atoms with Crippen molar-refractivity contribution in [1.29, 1.82) is 0 Å². The van der Waals surface area contributed by atoms with Gasteiger partial charge in [-0.15, -0.1) is 0 Å². The Morgan fingerprint density at radius 3 is 2.57 bits per heavy atom. The van der Waals surface area contributed by atoms with Crippen LogP contribution in [0.5, 0.6) is 11.5 Å². The third kappa shape index (κ3) is 6.93. The molecule has 3 rings (SSSR count). The SMILES string of the molecule is CN=C(NCCN1CCOCC1)NCc1ccc(OCc2ccccc2)c(OC)c1. The summed E-state index contributed by atoms with van der Waals surface area (Å²) in [5.74, 6) is 2.24. The zero-order valence-electron chi connectivity index (χ0n) is 17.9. The van der Waals surface area contributed by atoms with Crippen molar-refractivity contribution < 1.29 is 14.2 Å². The first-order valence-electron chi connectivity index (χ1n) is 10.4. The molecule has 2 aromatic rings. The molecule has 0 unspecified atom stereocenters. The van der Waals surface area contributed by atoms with Gasteiger partial charge in [-0.05, 0) is 23.3 Å². The number of hydrogen-bond donors (Lipinski definition) is 2. The minimum Gasteiger partial charge on any atom is -0.493 e. The van der Waals surface area contributed by atoms with Gasteiger partial charge in [0.2, 0.25) is 0 Å². The van der Waals surface area contributed by atoms with Crippen LogP contribution in [0.4, 0.5) is 0 Å². The minimum absolute atomic E-state index is 0.508. The second-order valence-corrected chi connectivity index (χ2v) is 7.07. The number of aliphatic imine (C=N–C) groups is 1. The van der Waals surface area contributed by atoms with Crippen molar-refractivity contribution in [3.8, 4) is 11.5 Å². The van der Waals surface area contributed by atoms with Crippen LogP contribution in [0, 0.1) is 0 Å². The Labute approximate surface area is 179 Å². The molecular weight excluding hydrogens is 380 g/mol. The first-order valence-corrected chi connectivity index (χ1v) is 10.4. The van der Waals surface area contributed by atoms with Crippen LogP contribution in [0.2, 0.25) is 0 Å². The topological polar surface area (TPSA) is 67.4 Å². The monoisotopic (exact) mass is 412 g/mol. The molecule has 0 amide bonds. The Bertz CT molecular complexity index is 792. The molecule has 0 bridgehead atoms. The van der Waals surface area contributed by atoms with Gasteiger partial charge >= 0.3 is 0 Å². The van der Waals surface area contributed by atoms with Gasteiger partial charge in [0.05, 0.1) is 20.3 Å². The summed E-state index contributed by atoms with van der Waals surface area (Å²) >= 11 is 0. The summed E-state index contributed by atoms with van der Waals surface area (Å²) in [4.78, 5) is 6.70. The molecule has 1 fully saturated rings. The van der Waals surface area contributed by atoms with Crippen molar-refractivity contribution in [2.75, 3.05) is 53.6 Å². The molecule has 1 saturated heterocycles. The van der Waals surface area contributed by atoms with Crippen molar-refractivity contribution in [3.63, 3.8) is 0 Å². The minimum atomic E-state index is 0.508. The predicted molar refractivity (Wildman–Crippen MR) is 119 cm³/mol. The standard InChI is InChI=1S/C23H32N4O3/c1-24-23(25-10-11-27-12-14-29-15-13-27)26-17-20-8-9-21(22(16-20)28-2)30-18-19-6-4-3-5-7-19/h3-9,16H,10-15,17-18H2,1-2H3,(H2,24,25,26). The molecule has 7 nitrogen and oxygen atoms in total. The predicted octanol–water partition coefficient (Wildman–Crippen LogP) is 2.27. The van der Waals surface area contributed by atoms with E-state index in [-0.39, 0.29) is 0 Å². The van der Waals surface area contributed by atoms with Crippen molar-refractivity contribution >= 4 is 5.96 Å². The maximum atomic E-state index is 5.93. The molecule has 2 aromatic carbocycles. The number of guanidine groups is 1. The van der Waals surface area contributed by atoms with E-state index in [1.165, 1.54) is 0 Å². The molecule has 1 aliphatic heterocycles. The van der Waals surface area contributed by atoms with E-state index in [0.717, 1.165) is 68.0 Å². The van der Waals surface area contributed by atoms with Crippen molar-refractivity contribution in [2.45, 2.75) is 13.2 Å². The fraction of sp³-hybridized carbons (Fsp3) is 0.435. The van der Waals surface area contributed by atoms with Gasteiger partial charge < -0.3 is 24.8 Å². The number of hydrogen-bond acceptors (Lipinski definition) is 5. The molecule has 0 radical (unpaired) electrons. The third-order valence-electron chi connectivity index (χ3n) is 4.97. The highest BCUT2D eigenvalue weighted by molar-refractivity contribution is 5.79. The second kappa shape index (κ2) is 12.0. The molecule has 0 atom stereocenters. The molecule has 162 valence electrons. The Balaban J connectivity index is 1.46. The number of nitrogens with one attached hydrogen (secondary N) is 2. The van der Waals surface area contributed by atoms with Crippen molar-refractivity contribution in [3.05, 3.63) is 59.7 Å². The van der Waals surface area contributed by atoms with Crippen LogP contribution in [-0.2, 0) is 17.9 Å². The van der Waals surface area contributed by atoms with E-state index in [9.17, 15) is 0 Å². The Morgan fingerprint density at radius 2 is 1.83 bits per heavy atom. The zero-order chi connectivity index (χ0) is 21.0. The molecule has 0 aliphatic carbocycles. The quantitative estimate of drug-likeness (QED) is 0.487. The lowest BCUT2D eigenvalue weighted by atomic mass is 10.2. The summed E-state index contributed by atoms with van der Waals surface area (Å²) in [5, 5.41) is 6.72. The van der Waals surface area contributed by atoms with Crippen LogP contribution >= 0.6 is 0 Å². The van der Waals surface area contributed by atoms with Crippen LogP contribution in [0.3, 0.4) is 0 Å². The lowest BCUT2D eigenvalue weighted by molar-refractivity contribution is 0.0389. The molecule has 2 N–H and O–H groups in total. The number of nitrogens with zero attached hydrogens (tertiary/aromatic N) is 2. The first kappa shape index (κ1) is 21.9. The van der Waals surface area contributed by atoms with Crippen LogP contribution in [0.25, 0.3) is 0 Å². The van der Waals surface area contributed by atoms with Gasteiger partial charge in [0.15, 0.2) is 17.5 Å². The maximum absolute atomic E-state index is 5.93. The van der Waals surface area contributed by atoms with Gasteiger partial charge in [0.25, 0.3) is 0 Å². The van der Waals surface area contributed by atoms with Gasteiger partial charge in [-0.3, -0.25) is 9.89 Å².